The summed E-state index contributed by atoms with van der Waals surface area (Å²) in [4.78, 5) is 4.23. The molecular weight excluding hydrogens is 244 g/mol. The van der Waals surface area contributed by atoms with Crippen molar-refractivity contribution in [2.75, 3.05) is 0 Å². The second-order valence-corrected chi connectivity index (χ2v) is 3.64. The molecule has 4 heteroatoms. The quantitative estimate of drug-likeness (QED) is 0.481. The maximum absolute atomic E-state index is 8.49. The van der Waals surface area contributed by atoms with E-state index in [1.165, 1.54) is 6.21 Å². The van der Waals surface area contributed by atoms with E-state index in [1.807, 2.05) is 18.2 Å². The van der Waals surface area contributed by atoms with Crippen molar-refractivity contribution in [2.24, 2.45) is 5.16 Å². The van der Waals surface area contributed by atoms with Crippen molar-refractivity contribution in [3.63, 3.8) is 0 Å². The van der Waals surface area contributed by atoms with Crippen LogP contribution in [0.2, 0.25) is 0 Å². The molecule has 0 radical (unpaired) electrons. The minimum Gasteiger partial charge on any atom is -0.411 e. The predicted molar refractivity (Wildman–Crippen MR) is 58.8 cm³/mol. The van der Waals surface area contributed by atoms with Gasteiger partial charge in [0.15, 0.2) is 0 Å². The third kappa shape index (κ3) is 1.48. The topological polar surface area (TPSA) is 45.5 Å². The molecule has 2 aromatic rings. The zero-order valence-corrected chi connectivity index (χ0v) is 8.77. The van der Waals surface area contributed by atoms with Gasteiger partial charge >= 0.3 is 0 Å². The lowest BCUT2D eigenvalue weighted by molar-refractivity contribution is 0.322. The molecule has 1 aromatic carbocycles. The Hall–Kier alpha value is -1.42. The van der Waals surface area contributed by atoms with Gasteiger partial charge in [-0.1, -0.05) is 17.3 Å². The molecule has 2 rings (SSSR count). The summed E-state index contributed by atoms with van der Waals surface area (Å²) in [6, 6.07) is 7.58. The highest BCUT2D eigenvalue weighted by atomic mass is 79.9. The standard InChI is InChI=1S/C10H7BrN2O/c11-9-3-1-2-8-7(6-13-14)4-5-12-10(8)9/h1-6,14H. The fourth-order valence-corrected chi connectivity index (χ4v) is 1.80. The van der Waals surface area contributed by atoms with E-state index in [1.54, 1.807) is 12.3 Å². The van der Waals surface area contributed by atoms with Crippen molar-refractivity contribution in [2.45, 2.75) is 0 Å². The fraction of sp³-hybridized carbons (Fsp3) is 0. The number of pyridine rings is 1. The summed E-state index contributed by atoms with van der Waals surface area (Å²) in [5.41, 5.74) is 1.71. The van der Waals surface area contributed by atoms with Crippen LogP contribution >= 0.6 is 15.9 Å². The number of oxime groups is 1. The van der Waals surface area contributed by atoms with Gasteiger partial charge in [0.2, 0.25) is 0 Å². The zero-order chi connectivity index (χ0) is 9.97. The van der Waals surface area contributed by atoms with Crippen molar-refractivity contribution < 1.29 is 5.21 Å². The lowest BCUT2D eigenvalue weighted by Gasteiger charge is -2.01. The first-order chi connectivity index (χ1) is 6.83. The number of hydrogen-bond acceptors (Lipinski definition) is 3. The molecule has 1 N–H and O–H groups in total. The van der Waals surface area contributed by atoms with Gasteiger partial charge in [0.05, 0.1) is 11.7 Å². The third-order valence-electron chi connectivity index (χ3n) is 1.95. The Balaban J connectivity index is 2.81. The second-order valence-electron chi connectivity index (χ2n) is 2.78. The van der Waals surface area contributed by atoms with Gasteiger partial charge in [0, 0.05) is 21.6 Å². The van der Waals surface area contributed by atoms with Gasteiger partial charge in [0.25, 0.3) is 0 Å². The largest absolute Gasteiger partial charge is 0.411 e. The molecule has 0 saturated heterocycles. The maximum Gasteiger partial charge on any atom is 0.0850 e. The van der Waals surface area contributed by atoms with E-state index < -0.39 is 0 Å². The molecule has 0 unspecified atom stereocenters. The normalized spacial score (nSPS) is 11.2. The molecule has 0 aliphatic heterocycles. The average molecular weight is 251 g/mol. The first-order valence-electron chi connectivity index (χ1n) is 4.03. The number of hydrogen-bond donors (Lipinski definition) is 1. The SMILES string of the molecule is ON=Cc1ccnc2c(Br)cccc12. The van der Waals surface area contributed by atoms with E-state index in [-0.39, 0.29) is 0 Å². The smallest absolute Gasteiger partial charge is 0.0850 e. The number of aromatic nitrogens is 1. The molecule has 3 nitrogen and oxygen atoms in total. The van der Waals surface area contributed by atoms with Crippen LogP contribution in [0.15, 0.2) is 40.1 Å². The molecule has 0 amide bonds. The van der Waals surface area contributed by atoms with Gasteiger partial charge in [-0.25, -0.2) is 0 Å². The van der Waals surface area contributed by atoms with Crippen LogP contribution in [0, 0.1) is 0 Å². The molecule has 0 bridgehead atoms. The minimum atomic E-state index is 0.846. The van der Waals surface area contributed by atoms with Crippen LogP contribution in [0.1, 0.15) is 5.56 Å². The molecule has 0 atom stereocenters. The van der Waals surface area contributed by atoms with E-state index in [2.05, 4.69) is 26.1 Å². The van der Waals surface area contributed by atoms with E-state index in [9.17, 15) is 0 Å². The molecule has 14 heavy (non-hydrogen) atoms. The molecule has 0 spiro atoms. The number of para-hydroxylation sites is 1. The molecule has 70 valence electrons. The number of fused-ring (bicyclic) bond motifs is 1. The summed E-state index contributed by atoms with van der Waals surface area (Å²) in [6.07, 6.45) is 3.08. The number of halogens is 1. The molecular formula is C10H7BrN2O. The molecule has 0 saturated carbocycles. The highest BCUT2D eigenvalue weighted by molar-refractivity contribution is 9.10. The average Bonchev–Trinajstić information content (AvgIpc) is 2.20. The van der Waals surface area contributed by atoms with Crippen molar-refractivity contribution in [1.29, 1.82) is 0 Å². The molecule has 0 fully saturated rings. The summed E-state index contributed by atoms with van der Waals surface area (Å²) in [7, 11) is 0. The van der Waals surface area contributed by atoms with E-state index in [0.717, 1.165) is 20.9 Å². The summed E-state index contributed by atoms with van der Waals surface area (Å²) in [6.45, 7) is 0. The zero-order valence-electron chi connectivity index (χ0n) is 7.18. The van der Waals surface area contributed by atoms with Crippen LogP contribution in [-0.2, 0) is 0 Å². The Kier molecular flexibility index (Phi) is 2.45. The highest BCUT2D eigenvalue weighted by Crippen LogP contribution is 2.23. The monoisotopic (exact) mass is 250 g/mol. The van der Waals surface area contributed by atoms with Crippen molar-refractivity contribution in [3.05, 3.63) is 40.5 Å². The number of nitrogens with zero attached hydrogens (tertiary/aromatic N) is 2. The second kappa shape index (κ2) is 3.75. The molecule has 0 aliphatic rings. The van der Waals surface area contributed by atoms with Crippen LogP contribution in [-0.4, -0.2) is 16.4 Å². The first kappa shape index (κ1) is 9.15. The minimum absolute atomic E-state index is 0.846. The lowest BCUT2D eigenvalue weighted by atomic mass is 10.1. The van der Waals surface area contributed by atoms with Crippen molar-refractivity contribution in [3.8, 4) is 0 Å². The Labute approximate surface area is 89.2 Å². The van der Waals surface area contributed by atoms with Gasteiger partial charge in [-0.05, 0) is 28.1 Å². The van der Waals surface area contributed by atoms with Crippen molar-refractivity contribution in [1.82, 2.24) is 4.98 Å². The van der Waals surface area contributed by atoms with Crippen LogP contribution < -0.4 is 0 Å². The summed E-state index contributed by atoms with van der Waals surface area (Å²) in [5.74, 6) is 0. The molecule has 1 aromatic heterocycles. The van der Waals surface area contributed by atoms with Gasteiger partial charge in [-0.2, -0.15) is 0 Å². The molecule has 1 heterocycles. The van der Waals surface area contributed by atoms with Gasteiger partial charge in [0.1, 0.15) is 0 Å². The van der Waals surface area contributed by atoms with Crippen LogP contribution in [0.4, 0.5) is 0 Å². The molecule has 0 aliphatic carbocycles. The van der Waals surface area contributed by atoms with E-state index in [0.29, 0.717) is 0 Å². The summed E-state index contributed by atoms with van der Waals surface area (Å²) >= 11 is 3.41. The summed E-state index contributed by atoms with van der Waals surface area (Å²) in [5, 5.41) is 12.5. The lowest BCUT2D eigenvalue weighted by Crippen LogP contribution is -1.87. The van der Waals surface area contributed by atoms with Crippen LogP contribution in [0.3, 0.4) is 0 Å². The van der Waals surface area contributed by atoms with Crippen LogP contribution in [0.25, 0.3) is 10.9 Å². The van der Waals surface area contributed by atoms with E-state index in [4.69, 9.17) is 5.21 Å². The Morgan fingerprint density at radius 2 is 2.21 bits per heavy atom. The van der Waals surface area contributed by atoms with Gasteiger partial charge < -0.3 is 5.21 Å². The maximum atomic E-state index is 8.49. The number of benzene rings is 1. The van der Waals surface area contributed by atoms with Crippen molar-refractivity contribution >= 4 is 33.0 Å². The van der Waals surface area contributed by atoms with Gasteiger partial charge in [-0.3, -0.25) is 4.98 Å². The summed E-state index contributed by atoms with van der Waals surface area (Å²) < 4.78 is 0.934. The fourth-order valence-electron chi connectivity index (χ4n) is 1.34. The van der Waals surface area contributed by atoms with E-state index >= 15 is 0 Å². The highest BCUT2D eigenvalue weighted by Gasteiger charge is 2.02. The van der Waals surface area contributed by atoms with Gasteiger partial charge in [-0.15, -0.1) is 0 Å². The number of rotatable bonds is 1. The first-order valence-corrected chi connectivity index (χ1v) is 4.83. The Bertz CT molecular complexity index is 496. The third-order valence-corrected chi connectivity index (χ3v) is 2.59. The Morgan fingerprint density at radius 1 is 1.36 bits per heavy atom. The van der Waals surface area contributed by atoms with Crippen LogP contribution in [0.5, 0.6) is 0 Å². The Morgan fingerprint density at radius 3 is 3.00 bits per heavy atom. The predicted octanol–water partition coefficient (Wildman–Crippen LogP) is 2.81.